The summed E-state index contributed by atoms with van der Waals surface area (Å²) in [4.78, 5) is 12.4. The minimum Gasteiger partial charge on any atom is -0.496 e. The van der Waals surface area contributed by atoms with Crippen molar-refractivity contribution in [2.24, 2.45) is 0 Å². The molecule has 0 atom stereocenters. The SMILES string of the molecule is CCOc1nn(CC)cc1C(=O)NCc1ccccc1OC. The number of para-hydroxylation sites is 1. The van der Waals surface area contributed by atoms with Crippen molar-refractivity contribution in [3.63, 3.8) is 0 Å². The molecule has 1 aromatic carbocycles. The standard InChI is InChI=1S/C16H21N3O3/c1-4-19-11-13(16(18-19)22-5-2)15(20)17-10-12-8-6-7-9-14(12)21-3/h6-9,11H,4-5,10H2,1-3H3,(H,17,20). The van der Waals surface area contributed by atoms with Gasteiger partial charge in [0.05, 0.1) is 13.7 Å². The van der Waals surface area contributed by atoms with Crippen molar-refractivity contribution in [1.29, 1.82) is 0 Å². The van der Waals surface area contributed by atoms with E-state index in [9.17, 15) is 4.79 Å². The first-order valence-corrected chi connectivity index (χ1v) is 7.29. The number of hydrogen-bond donors (Lipinski definition) is 1. The number of nitrogens with zero attached hydrogens (tertiary/aromatic N) is 2. The summed E-state index contributed by atoms with van der Waals surface area (Å²) in [7, 11) is 1.61. The number of carbonyl (C=O) groups excluding carboxylic acids is 1. The number of ether oxygens (including phenoxy) is 2. The third-order valence-electron chi connectivity index (χ3n) is 3.21. The van der Waals surface area contributed by atoms with Crippen LogP contribution in [0.25, 0.3) is 0 Å². The van der Waals surface area contributed by atoms with Crippen LogP contribution in [0, 0.1) is 0 Å². The van der Waals surface area contributed by atoms with E-state index in [0.29, 0.717) is 31.1 Å². The van der Waals surface area contributed by atoms with E-state index in [-0.39, 0.29) is 5.91 Å². The molecule has 0 saturated carbocycles. The summed E-state index contributed by atoms with van der Waals surface area (Å²) in [5.74, 6) is 0.896. The highest BCUT2D eigenvalue weighted by Crippen LogP contribution is 2.19. The maximum absolute atomic E-state index is 12.4. The lowest BCUT2D eigenvalue weighted by Gasteiger charge is -2.09. The number of hydrogen-bond acceptors (Lipinski definition) is 4. The molecule has 1 heterocycles. The van der Waals surface area contributed by atoms with Crippen molar-refractivity contribution in [2.45, 2.75) is 26.9 Å². The van der Waals surface area contributed by atoms with Crippen LogP contribution in [0.15, 0.2) is 30.5 Å². The summed E-state index contributed by atoms with van der Waals surface area (Å²) in [5.41, 5.74) is 1.36. The zero-order chi connectivity index (χ0) is 15.9. The number of carbonyl (C=O) groups is 1. The van der Waals surface area contributed by atoms with E-state index in [1.54, 1.807) is 18.0 Å². The molecular formula is C16H21N3O3. The van der Waals surface area contributed by atoms with Crippen LogP contribution in [-0.2, 0) is 13.1 Å². The molecule has 0 radical (unpaired) electrons. The van der Waals surface area contributed by atoms with Crippen molar-refractivity contribution >= 4 is 5.91 Å². The summed E-state index contributed by atoms with van der Waals surface area (Å²) < 4.78 is 12.4. The van der Waals surface area contributed by atoms with Gasteiger partial charge in [0.25, 0.3) is 5.91 Å². The molecule has 6 nitrogen and oxygen atoms in total. The Kier molecular flexibility index (Phi) is 5.41. The number of amides is 1. The number of benzene rings is 1. The molecule has 0 aliphatic rings. The molecular weight excluding hydrogens is 282 g/mol. The Balaban J connectivity index is 2.10. The van der Waals surface area contributed by atoms with Gasteiger partial charge in [-0.3, -0.25) is 9.48 Å². The Morgan fingerprint density at radius 3 is 2.77 bits per heavy atom. The van der Waals surface area contributed by atoms with E-state index in [4.69, 9.17) is 9.47 Å². The van der Waals surface area contributed by atoms with Crippen LogP contribution < -0.4 is 14.8 Å². The lowest BCUT2D eigenvalue weighted by molar-refractivity contribution is 0.0947. The van der Waals surface area contributed by atoms with Gasteiger partial charge in [-0.05, 0) is 19.9 Å². The number of aromatic nitrogens is 2. The van der Waals surface area contributed by atoms with Crippen LogP contribution in [-0.4, -0.2) is 29.4 Å². The van der Waals surface area contributed by atoms with Gasteiger partial charge in [-0.15, -0.1) is 5.10 Å². The van der Waals surface area contributed by atoms with Crippen LogP contribution in [0.4, 0.5) is 0 Å². The third-order valence-corrected chi connectivity index (χ3v) is 3.21. The maximum Gasteiger partial charge on any atom is 0.258 e. The fourth-order valence-electron chi connectivity index (χ4n) is 2.08. The average Bonchev–Trinajstić information content (AvgIpc) is 2.96. The number of rotatable bonds is 7. The summed E-state index contributed by atoms with van der Waals surface area (Å²) in [6.07, 6.45) is 1.70. The van der Waals surface area contributed by atoms with Crippen molar-refractivity contribution in [3.8, 4) is 11.6 Å². The zero-order valence-corrected chi connectivity index (χ0v) is 13.1. The minimum atomic E-state index is -0.214. The summed E-state index contributed by atoms with van der Waals surface area (Å²) >= 11 is 0. The van der Waals surface area contributed by atoms with Crippen LogP contribution in [0.5, 0.6) is 11.6 Å². The molecule has 0 unspecified atom stereocenters. The fraction of sp³-hybridized carbons (Fsp3) is 0.375. The largest absolute Gasteiger partial charge is 0.496 e. The number of nitrogens with one attached hydrogen (secondary N) is 1. The van der Waals surface area contributed by atoms with Crippen LogP contribution >= 0.6 is 0 Å². The van der Waals surface area contributed by atoms with Gasteiger partial charge in [-0.2, -0.15) is 0 Å². The lowest BCUT2D eigenvalue weighted by atomic mass is 10.2. The first-order valence-electron chi connectivity index (χ1n) is 7.29. The number of methoxy groups -OCH3 is 1. The molecule has 1 N–H and O–H groups in total. The Bertz CT molecular complexity index is 637. The van der Waals surface area contributed by atoms with Gasteiger partial charge in [-0.25, -0.2) is 0 Å². The normalized spacial score (nSPS) is 10.3. The molecule has 0 aliphatic heterocycles. The van der Waals surface area contributed by atoms with Gasteiger partial charge in [-0.1, -0.05) is 18.2 Å². The smallest absolute Gasteiger partial charge is 0.258 e. The Hall–Kier alpha value is -2.50. The van der Waals surface area contributed by atoms with Gasteiger partial charge in [0.15, 0.2) is 0 Å². The van der Waals surface area contributed by atoms with E-state index in [2.05, 4.69) is 10.4 Å². The Morgan fingerprint density at radius 1 is 1.32 bits per heavy atom. The minimum absolute atomic E-state index is 0.214. The van der Waals surface area contributed by atoms with Gasteiger partial charge in [0.2, 0.25) is 5.88 Å². The van der Waals surface area contributed by atoms with Crippen molar-refractivity contribution in [3.05, 3.63) is 41.6 Å². The summed E-state index contributed by atoms with van der Waals surface area (Å²) in [6, 6.07) is 7.58. The fourth-order valence-corrected chi connectivity index (χ4v) is 2.08. The van der Waals surface area contributed by atoms with E-state index < -0.39 is 0 Å². The summed E-state index contributed by atoms with van der Waals surface area (Å²) in [6.45, 7) is 5.35. The molecule has 118 valence electrons. The second-order valence-electron chi connectivity index (χ2n) is 4.63. The molecule has 0 fully saturated rings. The Labute approximate surface area is 130 Å². The molecule has 1 amide bonds. The highest BCUT2D eigenvalue weighted by Gasteiger charge is 2.17. The number of aryl methyl sites for hydroxylation is 1. The van der Waals surface area contributed by atoms with Crippen molar-refractivity contribution in [1.82, 2.24) is 15.1 Å². The molecule has 22 heavy (non-hydrogen) atoms. The Morgan fingerprint density at radius 2 is 2.09 bits per heavy atom. The molecule has 1 aromatic heterocycles. The average molecular weight is 303 g/mol. The van der Waals surface area contributed by atoms with Gasteiger partial charge < -0.3 is 14.8 Å². The second-order valence-corrected chi connectivity index (χ2v) is 4.63. The highest BCUT2D eigenvalue weighted by molar-refractivity contribution is 5.96. The molecule has 2 rings (SSSR count). The van der Waals surface area contributed by atoms with E-state index >= 15 is 0 Å². The van der Waals surface area contributed by atoms with Gasteiger partial charge >= 0.3 is 0 Å². The highest BCUT2D eigenvalue weighted by atomic mass is 16.5. The van der Waals surface area contributed by atoms with Gasteiger partial charge in [0.1, 0.15) is 11.3 Å². The van der Waals surface area contributed by atoms with Crippen molar-refractivity contribution in [2.75, 3.05) is 13.7 Å². The van der Waals surface area contributed by atoms with Crippen molar-refractivity contribution < 1.29 is 14.3 Å². The molecule has 0 saturated heterocycles. The molecule has 2 aromatic rings. The van der Waals surface area contributed by atoms with E-state index in [0.717, 1.165) is 11.3 Å². The predicted octanol–water partition coefficient (Wildman–Crippen LogP) is 2.24. The van der Waals surface area contributed by atoms with Crippen LogP contribution in [0.2, 0.25) is 0 Å². The molecule has 6 heteroatoms. The first-order chi connectivity index (χ1) is 10.7. The third kappa shape index (κ3) is 3.58. The second kappa shape index (κ2) is 7.49. The molecule has 0 bridgehead atoms. The van der Waals surface area contributed by atoms with Crippen LogP contribution in [0.1, 0.15) is 29.8 Å². The predicted molar refractivity (Wildman–Crippen MR) is 83.2 cm³/mol. The monoisotopic (exact) mass is 303 g/mol. The van der Waals surface area contributed by atoms with E-state index in [1.165, 1.54) is 0 Å². The molecule has 0 aliphatic carbocycles. The lowest BCUT2D eigenvalue weighted by Crippen LogP contribution is -2.23. The molecule has 0 spiro atoms. The topological polar surface area (TPSA) is 65.4 Å². The van der Waals surface area contributed by atoms with Crippen LogP contribution in [0.3, 0.4) is 0 Å². The zero-order valence-electron chi connectivity index (χ0n) is 13.1. The maximum atomic E-state index is 12.4. The first kappa shape index (κ1) is 15.9. The quantitative estimate of drug-likeness (QED) is 0.852. The van der Waals surface area contributed by atoms with E-state index in [1.807, 2.05) is 38.1 Å². The van der Waals surface area contributed by atoms with Gasteiger partial charge in [0, 0.05) is 24.8 Å². The summed E-state index contributed by atoms with van der Waals surface area (Å²) in [5, 5.41) is 7.11.